The number of hydrogen-bond acceptors (Lipinski definition) is 8. The Labute approximate surface area is 832 Å². The van der Waals surface area contributed by atoms with Gasteiger partial charge in [0.25, 0.3) is 0 Å². The monoisotopic (exact) mass is 1870 g/mol. The normalized spacial score (nSPS) is 11.2. The maximum absolute atomic E-state index is 11.9. The van der Waals surface area contributed by atoms with E-state index in [1.165, 1.54) is 616 Å². The molecule has 0 aromatic heterocycles. The van der Waals surface area contributed by atoms with Crippen LogP contribution in [0.3, 0.4) is 0 Å². The van der Waals surface area contributed by atoms with Gasteiger partial charge in [0, 0.05) is 25.7 Å². The van der Waals surface area contributed by atoms with E-state index >= 15 is 0 Å². The fourth-order valence-corrected chi connectivity index (χ4v) is 18.7. The summed E-state index contributed by atoms with van der Waals surface area (Å²) in [6, 6.07) is 0. The maximum atomic E-state index is 11.9. The van der Waals surface area contributed by atoms with Gasteiger partial charge < -0.3 is 18.9 Å². The third-order valence-corrected chi connectivity index (χ3v) is 28.0. The van der Waals surface area contributed by atoms with Gasteiger partial charge in [0.2, 0.25) is 0 Å². The molecule has 0 atom stereocenters. The quantitative estimate of drug-likeness (QED) is 0.0337. The Balaban J connectivity index is -0.000000829. The number of rotatable bonds is 112. The van der Waals surface area contributed by atoms with E-state index in [4.69, 9.17) is 18.9 Å². The Bertz CT molecular complexity index is 1990. The first-order valence-corrected chi connectivity index (χ1v) is 61.9. The summed E-state index contributed by atoms with van der Waals surface area (Å²) in [6.07, 6.45) is 143. The second-order valence-corrected chi connectivity index (χ2v) is 41.8. The molecule has 8 nitrogen and oxygen atoms in total. The molecule has 0 saturated carbocycles. The molecule has 0 N–H and O–H groups in total. The van der Waals surface area contributed by atoms with E-state index in [9.17, 15) is 19.2 Å². The zero-order valence-electron chi connectivity index (χ0n) is 92.5. The predicted octanol–water partition coefficient (Wildman–Crippen LogP) is 44.4. The second kappa shape index (κ2) is 133. The van der Waals surface area contributed by atoms with Gasteiger partial charge in [-0.1, -0.05) is 672 Å². The summed E-state index contributed by atoms with van der Waals surface area (Å²) in [4.78, 5) is 47.3. The van der Waals surface area contributed by atoms with Crippen molar-refractivity contribution in [2.24, 2.45) is 0 Å². The van der Waals surface area contributed by atoms with E-state index in [0.717, 1.165) is 51.4 Å². The molecule has 0 spiro atoms. The Morgan fingerprint density at radius 2 is 0.167 bits per heavy atom. The molecule has 0 aliphatic rings. The van der Waals surface area contributed by atoms with Crippen molar-refractivity contribution in [2.75, 3.05) is 26.4 Å². The van der Waals surface area contributed by atoms with Gasteiger partial charge >= 0.3 is 23.9 Å². The minimum absolute atomic E-state index is 0.0222. The molecule has 0 bridgehead atoms. The lowest BCUT2D eigenvalue weighted by Gasteiger charge is -2.06. The molecule has 132 heavy (non-hydrogen) atoms. The molecular weight excluding hydrogens is 1620 g/mol. The van der Waals surface area contributed by atoms with Gasteiger partial charge in [0.05, 0.1) is 26.4 Å². The van der Waals surface area contributed by atoms with Crippen molar-refractivity contribution in [1.82, 2.24) is 0 Å². The largest absolute Gasteiger partial charge is 0.466 e. The van der Waals surface area contributed by atoms with Gasteiger partial charge in [-0.15, -0.1) is 0 Å². The maximum Gasteiger partial charge on any atom is 0.305 e. The molecule has 8 heteroatoms. The molecule has 0 aromatic rings. The van der Waals surface area contributed by atoms with Gasteiger partial charge in [0.1, 0.15) is 0 Å². The highest BCUT2D eigenvalue weighted by molar-refractivity contribution is 5.70. The minimum atomic E-state index is 0.0222. The van der Waals surface area contributed by atoms with Crippen molar-refractivity contribution in [3.63, 3.8) is 0 Å². The van der Waals surface area contributed by atoms with Gasteiger partial charge in [-0.25, -0.2) is 0 Å². The summed E-state index contributed by atoms with van der Waals surface area (Å²) in [7, 11) is 0. The molecule has 0 radical (unpaired) electrons. The van der Waals surface area contributed by atoms with E-state index in [-0.39, 0.29) is 23.9 Å². The van der Waals surface area contributed by atoms with E-state index in [0.29, 0.717) is 52.1 Å². The smallest absolute Gasteiger partial charge is 0.305 e. The second-order valence-electron chi connectivity index (χ2n) is 41.8. The van der Waals surface area contributed by atoms with Crippen molar-refractivity contribution in [2.45, 2.75) is 749 Å². The van der Waals surface area contributed by atoms with E-state index < -0.39 is 0 Å². The molecule has 0 aromatic carbocycles. The summed E-state index contributed by atoms with van der Waals surface area (Å²) in [6.45, 7) is 20.8. The first kappa shape index (κ1) is 136. The highest BCUT2D eigenvalue weighted by Crippen LogP contribution is 2.23. The number of esters is 4. The van der Waals surface area contributed by atoms with E-state index in [2.05, 4.69) is 55.4 Å². The SMILES string of the molecule is CCCCCCCCCCCCCCCC(=O)OCCCCCCCCCCCCCC.CCCCCCCCCCCCCCCCCC(=O)OCCCCCCCCCCCCCC.CCCCCCCCCCCCCCCCCCCC(=O)OCCCCCCCCCCCCCC.CCCCCCCCCCCCCCOC(=O)CCCCCCCCCCCCC. The lowest BCUT2D eigenvalue weighted by molar-refractivity contribution is -0.144. The lowest BCUT2D eigenvalue weighted by atomic mass is 10.0. The van der Waals surface area contributed by atoms with Gasteiger partial charge in [-0.05, 0) is 51.4 Å². The average molecular weight is 1870 g/mol. The molecule has 0 aliphatic heterocycles. The van der Waals surface area contributed by atoms with Crippen molar-refractivity contribution < 1.29 is 38.1 Å². The van der Waals surface area contributed by atoms with Crippen LogP contribution in [-0.2, 0) is 38.1 Å². The van der Waals surface area contributed by atoms with Crippen LogP contribution < -0.4 is 0 Å². The molecule has 792 valence electrons. The number of carbonyl (C=O) groups excluding carboxylic acids is 4. The average Bonchev–Trinajstić information content (AvgIpc) is 1.05. The minimum Gasteiger partial charge on any atom is -0.466 e. The zero-order chi connectivity index (χ0) is 96.3. The van der Waals surface area contributed by atoms with Crippen molar-refractivity contribution in [3.05, 3.63) is 0 Å². The van der Waals surface area contributed by atoms with E-state index in [1.54, 1.807) is 0 Å². The van der Waals surface area contributed by atoms with Crippen LogP contribution in [0, 0.1) is 0 Å². The number of ether oxygens (including phenoxy) is 4. The summed E-state index contributed by atoms with van der Waals surface area (Å²) in [5, 5.41) is 0. The Hall–Kier alpha value is -2.12. The van der Waals surface area contributed by atoms with Crippen LogP contribution in [0.2, 0.25) is 0 Å². The fourth-order valence-electron chi connectivity index (χ4n) is 18.7. The van der Waals surface area contributed by atoms with Crippen LogP contribution in [-0.4, -0.2) is 50.3 Å². The van der Waals surface area contributed by atoms with Crippen LogP contribution in [0.25, 0.3) is 0 Å². The van der Waals surface area contributed by atoms with Gasteiger partial charge in [-0.3, -0.25) is 19.2 Å². The van der Waals surface area contributed by atoms with Crippen molar-refractivity contribution in [1.29, 1.82) is 0 Å². The molecule has 0 fully saturated rings. The highest BCUT2D eigenvalue weighted by atomic mass is 16.5. The summed E-state index contributed by atoms with van der Waals surface area (Å²) >= 11 is 0. The van der Waals surface area contributed by atoms with Gasteiger partial charge in [0.15, 0.2) is 0 Å². The number of hydrogen-bond donors (Lipinski definition) is 0. The van der Waals surface area contributed by atoms with Crippen LogP contribution in [0.15, 0.2) is 0 Å². The van der Waals surface area contributed by atoms with E-state index in [1.807, 2.05) is 0 Å². The van der Waals surface area contributed by atoms with Crippen LogP contribution in [0.5, 0.6) is 0 Å². The van der Waals surface area contributed by atoms with Crippen LogP contribution in [0.4, 0.5) is 0 Å². The Morgan fingerprint density at radius 3 is 0.250 bits per heavy atom. The Kier molecular flexibility index (Phi) is 137. The molecule has 0 heterocycles. The third-order valence-electron chi connectivity index (χ3n) is 28.0. The fraction of sp³-hybridized carbons (Fsp3) is 0.968. The lowest BCUT2D eigenvalue weighted by Crippen LogP contribution is -2.05. The number of unbranched alkanes of at least 4 members (excludes halogenated alkanes) is 96. The summed E-state index contributed by atoms with van der Waals surface area (Å²) < 4.78 is 21.6. The first-order chi connectivity index (χ1) is 65.2. The third kappa shape index (κ3) is 139. The summed E-state index contributed by atoms with van der Waals surface area (Å²) in [5.41, 5.74) is 0. The first-order valence-electron chi connectivity index (χ1n) is 61.9. The van der Waals surface area contributed by atoms with Crippen LogP contribution >= 0.6 is 0 Å². The van der Waals surface area contributed by atoms with Crippen molar-refractivity contribution >= 4 is 23.9 Å². The standard InChI is InChI=1S/C34H68O2.C32H64O2.C30H60O2.C28H56O2/c1-3-5-7-9-11-13-15-17-18-19-20-21-22-24-26-28-30-32-34(35)36-33-31-29-27-25-23-16-14-12-10-8-6-4-2;1-3-5-7-9-11-13-15-17-18-19-20-22-24-26-28-30-32(33)34-31-29-27-25-23-21-16-14-12-10-8-6-4-2;1-3-5-7-9-11-13-15-17-18-20-22-24-26-28-30(31)32-29-27-25-23-21-19-16-14-12-10-8-6-4-2;1-3-5-7-9-11-13-15-17-19-21-23-25-27-30-28(29)26-24-22-20-18-16-14-12-10-8-6-4-2/h3-33H2,1-2H3;3-31H2,1-2H3;3-29H2,1-2H3;3-27H2,1-2H3. The van der Waals surface area contributed by atoms with Crippen LogP contribution in [0.1, 0.15) is 749 Å². The predicted molar refractivity (Wildman–Crippen MR) is 588 cm³/mol. The molecule has 0 unspecified atom stereocenters. The zero-order valence-corrected chi connectivity index (χ0v) is 92.5. The molecular formula is C124H248O8. The Morgan fingerprint density at radius 1 is 0.0985 bits per heavy atom. The van der Waals surface area contributed by atoms with Crippen molar-refractivity contribution in [3.8, 4) is 0 Å². The molecule has 0 aliphatic carbocycles. The topological polar surface area (TPSA) is 105 Å². The number of carbonyl (C=O) groups is 4. The highest BCUT2D eigenvalue weighted by Gasteiger charge is 2.10. The summed E-state index contributed by atoms with van der Waals surface area (Å²) in [5.74, 6) is 0.0990. The van der Waals surface area contributed by atoms with Gasteiger partial charge in [-0.2, -0.15) is 0 Å². The molecule has 0 amide bonds. The molecule has 0 saturated heterocycles. The molecule has 0 rings (SSSR count).